The SMILES string of the molecule is Cc1ccccc1CN1CCN(CN2C(=O)C(=O)N(CCc3cccs3)C2=O)CC1. The summed E-state index contributed by atoms with van der Waals surface area (Å²) in [4.78, 5) is 45.1. The van der Waals surface area contributed by atoms with Gasteiger partial charge < -0.3 is 0 Å². The first-order chi connectivity index (χ1) is 14.5. The van der Waals surface area contributed by atoms with Gasteiger partial charge >= 0.3 is 17.8 Å². The predicted molar refractivity (Wildman–Crippen MR) is 115 cm³/mol. The van der Waals surface area contributed by atoms with Crippen molar-refractivity contribution in [3.63, 3.8) is 0 Å². The molecule has 7 nitrogen and oxygen atoms in total. The van der Waals surface area contributed by atoms with E-state index in [4.69, 9.17) is 0 Å². The second-order valence-electron chi connectivity index (χ2n) is 7.76. The number of urea groups is 1. The lowest BCUT2D eigenvalue weighted by molar-refractivity contribution is -0.144. The molecule has 0 atom stereocenters. The minimum absolute atomic E-state index is 0.178. The summed E-state index contributed by atoms with van der Waals surface area (Å²) in [6.07, 6.45) is 0.577. The highest BCUT2D eigenvalue weighted by Gasteiger charge is 2.44. The molecule has 4 amide bonds. The number of amides is 4. The Balaban J connectivity index is 1.29. The molecule has 0 unspecified atom stereocenters. The van der Waals surface area contributed by atoms with Crippen molar-refractivity contribution in [2.24, 2.45) is 0 Å². The van der Waals surface area contributed by atoms with E-state index in [2.05, 4.69) is 34.9 Å². The summed E-state index contributed by atoms with van der Waals surface area (Å²) in [5.41, 5.74) is 2.61. The third-order valence-electron chi connectivity index (χ3n) is 5.76. The molecule has 2 aromatic rings. The third kappa shape index (κ3) is 4.45. The van der Waals surface area contributed by atoms with Gasteiger partial charge in [-0.3, -0.25) is 24.3 Å². The number of carbonyl (C=O) groups is 3. The van der Waals surface area contributed by atoms with E-state index >= 15 is 0 Å². The zero-order valence-corrected chi connectivity index (χ0v) is 17.9. The molecule has 3 heterocycles. The summed E-state index contributed by atoms with van der Waals surface area (Å²) in [5.74, 6) is -1.43. The van der Waals surface area contributed by atoms with Crippen LogP contribution >= 0.6 is 11.3 Å². The molecular formula is C22H26N4O3S. The second-order valence-corrected chi connectivity index (χ2v) is 8.80. The van der Waals surface area contributed by atoms with Gasteiger partial charge in [-0.15, -0.1) is 11.3 Å². The molecule has 2 aliphatic heterocycles. The molecular weight excluding hydrogens is 400 g/mol. The van der Waals surface area contributed by atoms with Crippen molar-refractivity contribution < 1.29 is 14.4 Å². The van der Waals surface area contributed by atoms with E-state index in [1.54, 1.807) is 11.3 Å². The quantitative estimate of drug-likeness (QED) is 0.502. The van der Waals surface area contributed by atoms with Crippen LogP contribution in [0.25, 0.3) is 0 Å². The maximum Gasteiger partial charge on any atom is 0.335 e. The number of imide groups is 2. The molecule has 0 spiro atoms. The number of aryl methyl sites for hydroxylation is 1. The van der Waals surface area contributed by atoms with E-state index in [1.807, 2.05) is 23.6 Å². The molecule has 30 heavy (non-hydrogen) atoms. The van der Waals surface area contributed by atoms with Crippen molar-refractivity contribution in [3.05, 3.63) is 57.8 Å². The lowest BCUT2D eigenvalue weighted by Gasteiger charge is -2.36. The van der Waals surface area contributed by atoms with Gasteiger partial charge in [0.25, 0.3) is 0 Å². The Bertz CT molecular complexity index is 922. The van der Waals surface area contributed by atoms with Crippen molar-refractivity contribution in [1.82, 2.24) is 19.6 Å². The van der Waals surface area contributed by atoms with Crippen LogP contribution in [0.3, 0.4) is 0 Å². The van der Waals surface area contributed by atoms with E-state index in [1.165, 1.54) is 11.1 Å². The van der Waals surface area contributed by atoms with Crippen LogP contribution in [0.2, 0.25) is 0 Å². The largest absolute Gasteiger partial charge is 0.335 e. The van der Waals surface area contributed by atoms with E-state index in [0.717, 1.165) is 47.4 Å². The molecule has 2 aliphatic rings. The van der Waals surface area contributed by atoms with Gasteiger partial charge in [-0.1, -0.05) is 30.3 Å². The number of piperazine rings is 1. The van der Waals surface area contributed by atoms with Crippen LogP contribution in [0.15, 0.2) is 41.8 Å². The maximum absolute atomic E-state index is 12.7. The highest BCUT2D eigenvalue weighted by molar-refractivity contribution is 7.09. The summed E-state index contributed by atoms with van der Waals surface area (Å²) in [7, 11) is 0. The lowest BCUT2D eigenvalue weighted by Crippen LogP contribution is -2.51. The van der Waals surface area contributed by atoms with Gasteiger partial charge in [-0.25, -0.2) is 9.69 Å². The first-order valence-electron chi connectivity index (χ1n) is 10.2. The van der Waals surface area contributed by atoms with Crippen LogP contribution < -0.4 is 0 Å². The van der Waals surface area contributed by atoms with E-state index in [-0.39, 0.29) is 13.2 Å². The van der Waals surface area contributed by atoms with Crippen LogP contribution in [0, 0.1) is 6.92 Å². The van der Waals surface area contributed by atoms with Crippen molar-refractivity contribution in [2.45, 2.75) is 19.9 Å². The Labute approximate surface area is 180 Å². The van der Waals surface area contributed by atoms with Gasteiger partial charge in [-0.2, -0.15) is 0 Å². The number of carbonyl (C=O) groups excluding carboxylic acids is 3. The molecule has 0 bridgehead atoms. The lowest BCUT2D eigenvalue weighted by atomic mass is 10.1. The number of nitrogens with zero attached hydrogens (tertiary/aromatic N) is 4. The number of hydrogen-bond donors (Lipinski definition) is 0. The Morgan fingerprint density at radius 2 is 1.57 bits per heavy atom. The molecule has 0 saturated carbocycles. The predicted octanol–water partition coefficient (Wildman–Crippen LogP) is 2.17. The average molecular weight is 427 g/mol. The maximum atomic E-state index is 12.7. The minimum atomic E-state index is -0.714. The summed E-state index contributed by atoms with van der Waals surface area (Å²) < 4.78 is 0. The standard InChI is InChI=1S/C22H26N4O3S/c1-17-5-2-3-6-18(17)15-23-10-12-24(13-11-23)16-26-21(28)20(27)25(22(26)29)9-8-19-7-4-14-30-19/h2-7,14H,8-13,15-16H2,1H3. The van der Waals surface area contributed by atoms with Crippen LogP contribution in [0.4, 0.5) is 4.79 Å². The summed E-state index contributed by atoms with van der Waals surface area (Å²) in [6.45, 7) is 6.68. The topological polar surface area (TPSA) is 64.2 Å². The van der Waals surface area contributed by atoms with Crippen molar-refractivity contribution in [3.8, 4) is 0 Å². The van der Waals surface area contributed by atoms with Gasteiger partial charge in [0.1, 0.15) is 0 Å². The molecule has 0 N–H and O–H groups in total. The van der Waals surface area contributed by atoms with E-state index in [9.17, 15) is 14.4 Å². The van der Waals surface area contributed by atoms with Crippen LogP contribution in [-0.4, -0.2) is 76.8 Å². The third-order valence-corrected chi connectivity index (χ3v) is 6.69. The zero-order valence-electron chi connectivity index (χ0n) is 17.1. The molecule has 8 heteroatoms. The van der Waals surface area contributed by atoms with Crippen LogP contribution in [0.1, 0.15) is 16.0 Å². The summed E-state index contributed by atoms with van der Waals surface area (Å²) in [5, 5.41) is 1.96. The van der Waals surface area contributed by atoms with E-state index < -0.39 is 17.8 Å². The highest BCUT2D eigenvalue weighted by atomic mass is 32.1. The molecule has 1 aromatic carbocycles. The first kappa shape index (κ1) is 20.7. The number of rotatable bonds is 7. The molecule has 2 saturated heterocycles. The minimum Gasteiger partial charge on any atom is -0.297 e. The van der Waals surface area contributed by atoms with Crippen LogP contribution in [-0.2, 0) is 22.6 Å². The number of thiophene rings is 1. The number of benzene rings is 1. The number of hydrogen-bond acceptors (Lipinski definition) is 6. The zero-order chi connectivity index (χ0) is 21.1. The fourth-order valence-corrected chi connectivity index (χ4v) is 4.56. The highest BCUT2D eigenvalue weighted by Crippen LogP contribution is 2.17. The first-order valence-corrected chi connectivity index (χ1v) is 11.1. The van der Waals surface area contributed by atoms with Crippen molar-refractivity contribution in [1.29, 1.82) is 0 Å². The smallest absolute Gasteiger partial charge is 0.297 e. The van der Waals surface area contributed by atoms with Gasteiger partial charge in [0.15, 0.2) is 0 Å². The van der Waals surface area contributed by atoms with Gasteiger partial charge in [-0.05, 0) is 29.5 Å². The van der Waals surface area contributed by atoms with Gasteiger partial charge in [0.05, 0.1) is 6.67 Å². The fourth-order valence-electron chi connectivity index (χ4n) is 3.87. The fraction of sp³-hybridized carbons (Fsp3) is 0.409. The van der Waals surface area contributed by atoms with Gasteiger partial charge in [0, 0.05) is 50.6 Å². The van der Waals surface area contributed by atoms with Gasteiger partial charge in [0.2, 0.25) is 0 Å². The van der Waals surface area contributed by atoms with Crippen molar-refractivity contribution in [2.75, 3.05) is 39.4 Å². The summed E-state index contributed by atoms with van der Waals surface area (Å²) in [6, 6.07) is 11.8. The normalized spacial score (nSPS) is 18.6. The Morgan fingerprint density at radius 3 is 2.27 bits per heavy atom. The molecule has 4 rings (SSSR count). The monoisotopic (exact) mass is 426 g/mol. The second kappa shape index (κ2) is 9.07. The molecule has 0 aliphatic carbocycles. The summed E-state index contributed by atoms with van der Waals surface area (Å²) >= 11 is 1.58. The Kier molecular flexibility index (Phi) is 6.26. The molecule has 1 aromatic heterocycles. The average Bonchev–Trinajstić information content (AvgIpc) is 3.33. The Morgan fingerprint density at radius 1 is 0.867 bits per heavy atom. The van der Waals surface area contributed by atoms with Crippen LogP contribution in [0.5, 0.6) is 0 Å². The Hall–Kier alpha value is -2.55. The molecule has 2 fully saturated rings. The van der Waals surface area contributed by atoms with E-state index in [0.29, 0.717) is 6.42 Å². The molecule has 158 valence electrons. The molecule has 0 radical (unpaired) electrons. The van der Waals surface area contributed by atoms with Crippen molar-refractivity contribution >= 4 is 29.2 Å².